The number of aromatic nitrogens is 2. The van der Waals surface area contributed by atoms with Crippen molar-refractivity contribution in [2.24, 2.45) is 12.8 Å². The molecular formula is C14H25N5O. The van der Waals surface area contributed by atoms with Crippen LogP contribution in [0, 0.1) is 0 Å². The molecule has 3 N–H and O–H groups in total. The fraction of sp³-hybridized carbons (Fsp3) is 0.714. The zero-order valence-corrected chi connectivity index (χ0v) is 12.6. The zero-order valence-electron chi connectivity index (χ0n) is 12.6. The molecule has 112 valence electrons. The van der Waals surface area contributed by atoms with Gasteiger partial charge >= 0.3 is 0 Å². The molecule has 1 aromatic rings. The van der Waals surface area contributed by atoms with E-state index in [1.165, 1.54) is 0 Å². The topological polar surface area (TPSA) is 76.2 Å². The molecule has 20 heavy (non-hydrogen) atoms. The predicted molar refractivity (Wildman–Crippen MR) is 77.9 cm³/mol. The van der Waals surface area contributed by atoms with Gasteiger partial charge in [-0.25, -0.2) is 4.98 Å². The highest BCUT2D eigenvalue weighted by molar-refractivity contribution is 5.84. The summed E-state index contributed by atoms with van der Waals surface area (Å²) in [7, 11) is 5.91. The first kappa shape index (κ1) is 15.0. The Morgan fingerprint density at radius 1 is 1.70 bits per heavy atom. The maximum absolute atomic E-state index is 11.8. The van der Waals surface area contributed by atoms with E-state index in [0.717, 1.165) is 38.1 Å². The maximum Gasteiger partial charge on any atom is 0.237 e. The summed E-state index contributed by atoms with van der Waals surface area (Å²) in [4.78, 5) is 18.4. The number of hydrogen-bond donors (Lipinski definition) is 2. The van der Waals surface area contributed by atoms with Crippen LogP contribution in [-0.4, -0.2) is 46.0 Å². The Hall–Kier alpha value is -1.40. The first-order valence-corrected chi connectivity index (χ1v) is 7.14. The molecular weight excluding hydrogens is 254 g/mol. The normalized spacial score (nSPS) is 26.9. The predicted octanol–water partition coefficient (Wildman–Crippen LogP) is 0.238. The van der Waals surface area contributed by atoms with Gasteiger partial charge in [-0.15, -0.1) is 0 Å². The molecule has 6 heteroatoms. The van der Waals surface area contributed by atoms with Crippen LogP contribution in [0.5, 0.6) is 0 Å². The number of likely N-dealkylation sites (N-methyl/N-ethyl adjacent to an activating group) is 1. The molecule has 1 aliphatic carbocycles. The van der Waals surface area contributed by atoms with E-state index in [-0.39, 0.29) is 5.91 Å². The zero-order chi connectivity index (χ0) is 14.8. The second kappa shape index (κ2) is 5.93. The molecule has 1 amide bonds. The summed E-state index contributed by atoms with van der Waals surface area (Å²) in [5.41, 5.74) is 5.04. The number of primary amides is 1. The van der Waals surface area contributed by atoms with Crippen LogP contribution in [0.4, 0.5) is 0 Å². The highest BCUT2D eigenvalue weighted by Gasteiger charge is 2.41. The third-order valence-corrected chi connectivity index (χ3v) is 4.61. The van der Waals surface area contributed by atoms with E-state index in [1.807, 2.05) is 31.1 Å². The van der Waals surface area contributed by atoms with Gasteiger partial charge in [0.1, 0.15) is 5.82 Å². The number of carbonyl (C=O) groups excluding carboxylic acids is 1. The Morgan fingerprint density at radius 3 is 3.00 bits per heavy atom. The van der Waals surface area contributed by atoms with Crippen LogP contribution < -0.4 is 11.1 Å². The average Bonchev–Trinajstić information content (AvgIpc) is 2.84. The number of nitrogens with zero attached hydrogens (tertiary/aromatic N) is 3. The minimum Gasteiger partial charge on any atom is -0.368 e. The van der Waals surface area contributed by atoms with E-state index < -0.39 is 5.54 Å². The number of nitrogens with one attached hydrogen (secondary N) is 1. The number of aryl methyl sites for hydroxylation is 1. The van der Waals surface area contributed by atoms with Gasteiger partial charge in [-0.05, 0) is 39.8 Å². The Kier molecular flexibility index (Phi) is 4.45. The quantitative estimate of drug-likeness (QED) is 0.809. The minimum atomic E-state index is -0.557. The van der Waals surface area contributed by atoms with Gasteiger partial charge in [-0.2, -0.15) is 0 Å². The molecule has 0 aliphatic heterocycles. The molecule has 1 saturated carbocycles. The van der Waals surface area contributed by atoms with Gasteiger partial charge in [-0.3, -0.25) is 9.69 Å². The monoisotopic (exact) mass is 279 g/mol. The lowest BCUT2D eigenvalue weighted by Gasteiger charge is -2.41. The largest absolute Gasteiger partial charge is 0.368 e. The Labute approximate surface area is 120 Å². The van der Waals surface area contributed by atoms with Crippen molar-refractivity contribution in [3.8, 4) is 0 Å². The molecule has 2 rings (SSSR count). The van der Waals surface area contributed by atoms with Crippen LogP contribution in [0.3, 0.4) is 0 Å². The second-order valence-electron chi connectivity index (χ2n) is 5.82. The summed E-state index contributed by atoms with van der Waals surface area (Å²) in [5.74, 6) is 0.794. The van der Waals surface area contributed by atoms with Gasteiger partial charge in [0.15, 0.2) is 0 Å². The van der Waals surface area contributed by atoms with Crippen LogP contribution in [-0.2, 0) is 18.4 Å². The van der Waals surface area contributed by atoms with Crippen molar-refractivity contribution < 1.29 is 4.79 Å². The summed E-state index contributed by atoms with van der Waals surface area (Å²) in [5, 5.41) is 3.15. The van der Waals surface area contributed by atoms with Crippen LogP contribution in [0.1, 0.15) is 31.5 Å². The van der Waals surface area contributed by atoms with Crippen LogP contribution in [0.2, 0.25) is 0 Å². The number of imidazole rings is 1. The van der Waals surface area contributed by atoms with Crippen molar-refractivity contribution in [3.63, 3.8) is 0 Å². The second-order valence-corrected chi connectivity index (χ2v) is 5.82. The molecule has 0 radical (unpaired) electrons. The van der Waals surface area contributed by atoms with Crippen molar-refractivity contribution in [3.05, 3.63) is 18.2 Å². The molecule has 2 atom stereocenters. The van der Waals surface area contributed by atoms with Crippen molar-refractivity contribution in [2.75, 3.05) is 14.1 Å². The lowest BCUT2D eigenvalue weighted by atomic mass is 9.78. The Balaban J connectivity index is 2.05. The smallest absolute Gasteiger partial charge is 0.237 e. The summed E-state index contributed by atoms with van der Waals surface area (Å²) >= 11 is 0. The summed E-state index contributed by atoms with van der Waals surface area (Å²) in [6.45, 7) is 0.784. The van der Waals surface area contributed by atoms with E-state index in [9.17, 15) is 4.79 Å². The summed E-state index contributed by atoms with van der Waals surface area (Å²) in [6.07, 6.45) is 7.46. The van der Waals surface area contributed by atoms with E-state index in [4.69, 9.17) is 5.73 Å². The SMILES string of the molecule is CNC1(C(N)=O)CCCC(N(C)Cc2nccn2C)C1. The van der Waals surface area contributed by atoms with Gasteiger partial charge in [-0.1, -0.05) is 0 Å². The minimum absolute atomic E-state index is 0.241. The molecule has 2 unspecified atom stereocenters. The van der Waals surface area contributed by atoms with Crippen LogP contribution >= 0.6 is 0 Å². The van der Waals surface area contributed by atoms with E-state index in [1.54, 1.807) is 0 Å². The molecule has 0 saturated heterocycles. The Morgan fingerprint density at radius 2 is 2.45 bits per heavy atom. The van der Waals surface area contributed by atoms with Gasteiger partial charge in [0.05, 0.1) is 12.1 Å². The maximum atomic E-state index is 11.8. The summed E-state index contributed by atoms with van der Waals surface area (Å²) < 4.78 is 2.03. The number of nitrogens with two attached hydrogens (primary N) is 1. The van der Waals surface area contributed by atoms with Crippen molar-refractivity contribution in [1.29, 1.82) is 0 Å². The van der Waals surface area contributed by atoms with Gasteiger partial charge in [0.2, 0.25) is 5.91 Å². The van der Waals surface area contributed by atoms with Crippen molar-refractivity contribution in [2.45, 2.75) is 43.8 Å². The molecule has 6 nitrogen and oxygen atoms in total. The van der Waals surface area contributed by atoms with E-state index >= 15 is 0 Å². The molecule has 0 spiro atoms. The highest BCUT2D eigenvalue weighted by atomic mass is 16.1. The van der Waals surface area contributed by atoms with Crippen LogP contribution in [0.15, 0.2) is 12.4 Å². The van der Waals surface area contributed by atoms with Gasteiger partial charge in [0.25, 0.3) is 0 Å². The number of carbonyl (C=O) groups is 1. The van der Waals surface area contributed by atoms with E-state index in [2.05, 4.69) is 22.2 Å². The fourth-order valence-corrected chi connectivity index (χ4v) is 3.10. The average molecular weight is 279 g/mol. The van der Waals surface area contributed by atoms with Crippen LogP contribution in [0.25, 0.3) is 0 Å². The lowest BCUT2D eigenvalue weighted by Crippen LogP contribution is -2.59. The first-order chi connectivity index (χ1) is 9.48. The molecule has 1 aromatic heterocycles. The first-order valence-electron chi connectivity index (χ1n) is 7.14. The Bertz CT molecular complexity index is 472. The molecule has 1 aliphatic rings. The van der Waals surface area contributed by atoms with Crippen molar-refractivity contribution in [1.82, 2.24) is 19.8 Å². The third-order valence-electron chi connectivity index (χ3n) is 4.61. The molecule has 1 heterocycles. The highest BCUT2D eigenvalue weighted by Crippen LogP contribution is 2.31. The lowest BCUT2D eigenvalue weighted by molar-refractivity contribution is -0.126. The fourth-order valence-electron chi connectivity index (χ4n) is 3.10. The molecule has 0 aromatic carbocycles. The third kappa shape index (κ3) is 2.86. The van der Waals surface area contributed by atoms with Gasteiger partial charge in [0, 0.05) is 25.5 Å². The molecule has 1 fully saturated rings. The van der Waals surface area contributed by atoms with E-state index in [0.29, 0.717) is 6.04 Å². The number of rotatable bonds is 5. The standard InChI is InChI=1S/C14H25N5O/c1-16-14(13(15)20)6-4-5-11(9-14)19(3)10-12-17-7-8-18(12)2/h7-8,11,16H,4-6,9-10H2,1-3H3,(H2,15,20). The van der Waals surface area contributed by atoms with Gasteiger partial charge < -0.3 is 15.6 Å². The number of hydrogen-bond acceptors (Lipinski definition) is 4. The molecule has 0 bridgehead atoms. The summed E-state index contributed by atoms with van der Waals surface area (Å²) in [6, 6.07) is 0.348. The number of amides is 1. The van der Waals surface area contributed by atoms with Crippen molar-refractivity contribution >= 4 is 5.91 Å².